The van der Waals surface area contributed by atoms with Crippen molar-refractivity contribution in [3.05, 3.63) is 0 Å². The van der Waals surface area contributed by atoms with Crippen LogP contribution >= 0.6 is 32.4 Å². The Morgan fingerprint density at radius 3 is 1.70 bits per heavy atom. The Labute approximate surface area is 133 Å². The fraction of sp³-hybridized carbons (Fsp3) is 0.923. The second kappa shape index (κ2) is 13.1. The fourth-order valence-electron chi connectivity index (χ4n) is 2.05. The largest absolute Gasteiger partial charge is 0.371 e. The highest BCUT2D eigenvalue weighted by Crippen LogP contribution is 2.35. The number of thiocarbonyl (C=S) groups is 1. The topological polar surface area (TPSA) is 69.6 Å². The number of rotatable bonds is 13. The molecule has 20 heavy (non-hydrogen) atoms. The van der Waals surface area contributed by atoms with E-state index in [1.165, 1.54) is 38.5 Å². The summed E-state index contributed by atoms with van der Waals surface area (Å²) in [5, 5.41) is 3.03. The summed E-state index contributed by atoms with van der Waals surface area (Å²) >= 11 is 8.80. The van der Waals surface area contributed by atoms with Crippen LogP contribution in [0.25, 0.3) is 0 Å². The quantitative estimate of drug-likeness (QED) is 0.177. The Hall–Kier alpha value is 0.390. The minimum absolute atomic E-state index is 0.0384. The van der Waals surface area contributed by atoms with E-state index in [1.54, 1.807) is 0 Å². The van der Waals surface area contributed by atoms with Crippen molar-refractivity contribution in [2.45, 2.75) is 64.2 Å². The lowest BCUT2D eigenvalue weighted by atomic mass is 10.1. The molecule has 0 amide bonds. The van der Waals surface area contributed by atoms with Crippen LogP contribution in [0.2, 0.25) is 0 Å². The van der Waals surface area contributed by atoms with Gasteiger partial charge in [0.05, 0.1) is 0 Å². The standard InChI is InChI=1S/C13H28NO3PS2/c15-18(16,17)12-10-8-6-4-2-1-3-5-7-9-11-14-13(19)20/h1-12H2,(H2,14,19,20)(H2,15,16,17). The number of hydrogen-bond donors (Lipinski definition) is 4. The average molecular weight is 341 g/mol. The molecule has 0 aliphatic carbocycles. The molecular formula is C13H28NO3PS2. The second-order valence-corrected chi connectivity index (χ2v) is 8.09. The Balaban J connectivity index is 3.06. The molecule has 0 aromatic rings. The first kappa shape index (κ1) is 20.4. The van der Waals surface area contributed by atoms with Gasteiger partial charge >= 0.3 is 7.60 Å². The Bertz CT molecular complexity index is 297. The van der Waals surface area contributed by atoms with Crippen molar-refractivity contribution in [1.82, 2.24) is 5.32 Å². The van der Waals surface area contributed by atoms with Gasteiger partial charge in [0.15, 0.2) is 0 Å². The van der Waals surface area contributed by atoms with Gasteiger partial charge in [-0.2, -0.15) is 0 Å². The van der Waals surface area contributed by atoms with Crippen molar-refractivity contribution in [2.24, 2.45) is 0 Å². The monoisotopic (exact) mass is 341 g/mol. The maximum absolute atomic E-state index is 10.6. The highest BCUT2D eigenvalue weighted by Gasteiger charge is 2.10. The molecule has 4 nitrogen and oxygen atoms in total. The van der Waals surface area contributed by atoms with Gasteiger partial charge in [-0.15, -0.1) is 12.6 Å². The number of unbranched alkanes of at least 4 members (excludes halogenated alkanes) is 9. The van der Waals surface area contributed by atoms with Crippen LogP contribution in [0.5, 0.6) is 0 Å². The van der Waals surface area contributed by atoms with E-state index in [0.29, 0.717) is 10.7 Å². The van der Waals surface area contributed by atoms with Crippen LogP contribution < -0.4 is 5.32 Å². The SMILES string of the molecule is O=P(O)(O)CCCCCCCCCCCCNC(=S)S. The van der Waals surface area contributed by atoms with Gasteiger partial charge in [0, 0.05) is 12.7 Å². The van der Waals surface area contributed by atoms with Gasteiger partial charge in [0.25, 0.3) is 0 Å². The van der Waals surface area contributed by atoms with Gasteiger partial charge in [-0.1, -0.05) is 63.6 Å². The van der Waals surface area contributed by atoms with Crippen molar-refractivity contribution in [2.75, 3.05) is 12.7 Å². The maximum atomic E-state index is 10.6. The summed E-state index contributed by atoms with van der Waals surface area (Å²) in [4.78, 5) is 17.4. The van der Waals surface area contributed by atoms with Gasteiger partial charge in [-0.3, -0.25) is 4.57 Å². The van der Waals surface area contributed by atoms with E-state index >= 15 is 0 Å². The normalized spacial score (nSPS) is 11.6. The summed E-state index contributed by atoms with van der Waals surface area (Å²) in [6, 6.07) is 0. The fourth-order valence-corrected chi connectivity index (χ4v) is 2.90. The molecule has 120 valence electrons. The van der Waals surface area contributed by atoms with Crippen molar-refractivity contribution in [1.29, 1.82) is 0 Å². The van der Waals surface area contributed by atoms with Crippen LogP contribution in [0.4, 0.5) is 0 Å². The van der Waals surface area contributed by atoms with Crippen molar-refractivity contribution >= 4 is 36.8 Å². The maximum Gasteiger partial charge on any atom is 0.325 e. The molecule has 0 rings (SSSR count). The second-order valence-electron chi connectivity index (χ2n) is 5.16. The molecule has 3 N–H and O–H groups in total. The molecule has 0 spiro atoms. The zero-order valence-electron chi connectivity index (χ0n) is 12.1. The van der Waals surface area contributed by atoms with Crippen molar-refractivity contribution < 1.29 is 14.4 Å². The molecule has 0 atom stereocenters. The first-order valence-electron chi connectivity index (χ1n) is 7.43. The summed E-state index contributed by atoms with van der Waals surface area (Å²) in [6.07, 6.45) is 11.3. The summed E-state index contributed by atoms with van der Waals surface area (Å²) in [5.41, 5.74) is 0. The Morgan fingerprint density at radius 1 is 0.900 bits per heavy atom. The molecule has 0 radical (unpaired) electrons. The zero-order valence-corrected chi connectivity index (χ0v) is 14.7. The van der Waals surface area contributed by atoms with Gasteiger partial charge in [0.2, 0.25) is 0 Å². The smallest absolute Gasteiger partial charge is 0.325 e. The lowest BCUT2D eigenvalue weighted by Crippen LogP contribution is -2.17. The van der Waals surface area contributed by atoms with E-state index in [1.807, 2.05) is 0 Å². The molecule has 0 unspecified atom stereocenters. The summed E-state index contributed by atoms with van der Waals surface area (Å²) in [6.45, 7) is 0.919. The molecule has 0 fully saturated rings. The minimum Gasteiger partial charge on any atom is -0.371 e. The summed E-state index contributed by atoms with van der Waals surface area (Å²) in [7, 11) is -3.77. The summed E-state index contributed by atoms with van der Waals surface area (Å²) < 4.78 is 11.2. The van der Waals surface area contributed by atoms with Crippen LogP contribution in [0, 0.1) is 0 Å². The van der Waals surface area contributed by atoms with E-state index < -0.39 is 7.60 Å². The van der Waals surface area contributed by atoms with Crippen molar-refractivity contribution in [3.8, 4) is 0 Å². The van der Waals surface area contributed by atoms with Crippen LogP contribution in [-0.4, -0.2) is 26.8 Å². The lowest BCUT2D eigenvalue weighted by Gasteiger charge is -2.04. The highest BCUT2D eigenvalue weighted by molar-refractivity contribution is 8.11. The zero-order chi connectivity index (χ0) is 15.3. The third-order valence-corrected chi connectivity index (χ3v) is 4.35. The van der Waals surface area contributed by atoms with E-state index in [9.17, 15) is 4.57 Å². The molecule has 0 aliphatic heterocycles. The van der Waals surface area contributed by atoms with E-state index in [-0.39, 0.29) is 6.16 Å². The molecule has 0 saturated carbocycles. The van der Waals surface area contributed by atoms with E-state index in [4.69, 9.17) is 22.0 Å². The molecule has 7 heteroatoms. The number of hydrogen-bond acceptors (Lipinski definition) is 2. The average Bonchev–Trinajstić information content (AvgIpc) is 2.33. The Morgan fingerprint density at radius 2 is 1.30 bits per heavy atom. The predicted octanol–water partition coefficient (Wildman–Crippen LogP) is 3.87. The molecule has 0 heterocycles. The van der Waals surface area contributed by atoms with Gasteiger partial charge in [0.1, 0.15) is 4.32 Å². The van der Waals surface area contributed by atoms with E-state index in [2.05, 4.69) is 17.9 Å². The van der Waals surface area contributed by atoms with Crippen LogP contribution in [0.3, 0.4) is 0 Å². The molecule has 0 aliphatic rings. The third kappa shape index (κ3) is 18.4. The first-order chi connectivity index (χ1) is 9.42. The molecule has 0 saturated heterocycles. The molecular weight excluding hydrogens is 313 g/mol. The number of thiol groups is 1. The van der Waals surface area contributed by atoms with Crippen LogP contribution in [0.1, 0.15) is 64.2 Å². The van der Waals surface area contributed by atoms with Gasteiger partial charge in [-0.05, 0) is 12.8 Å². The highest BCUT2D eigenvalue weighted by atomic mass is 32.1. The van der Waals surface area contributed by atoms with Crippen LogP contribution in [0.15, 0.2) is 0 Å². The van der Waals surface area contributed by atoms with Crippen LogP contribution in [-0.2, 0) is 4.57 Å². The summed E-state index contributed by atoms with van der Waals surface area (Å²) in [5.74, 6) is 0. The minimum atomic E-state index is -3.77. The Kier molecular flexibility index (Phi) is 13.3. The molecule has 0 bridgehead atoms. The van der Waals surface area contributed by atoms with Gasteiger partial charge in [-0.25, -0.2) is 0 Å². The lowest BCUT2D eigenvalue weighted by molar-refractivity contribution is 0.370. The molecule has 0 aromatic carbocycles. The van der Waals surface area contributed by atoms with E-state index in [0.717, 1.165) is 25.8 Å². The van der Waals surface area contributed by atoms with Crippen molar-refractivity contribution in [3.63, 3.8) is 0 Å². The molecule has 0 aromatic heterocycles. The van der Waals surface area contributed by atoms with Gasteiger partial charge < -0.3 is 15.1 Å². The third-order valence-electron chi connectivity index (χ3n) is 3.15. The predicted molar refractivity (Wildman–Crippen MR) is 92.7 cm³/mol. The number of nitrogens with one attached hydrogen (secondary N) is 1. The first-order valence-corrected chi connectivity index (χ1v) is 10.1.